The Morgan fingerprint density at radius 3 is 2.18 bits per heavy atom. The van der Waals surface area contributed by atoms with Crippen molar-refractivity contribution >= 4 is 37.6 Å². The van der Waals surface area contributed by atoms with Gasteiger partial charge in [-0.25, -0.2) is 0 Å². The van der Waals surface area contributed by atoms with E-state index in [1.165, 1.54) is 0 Å². The standard InChI is InChI=1S/C11H9Br2F3O/c12-5-8-1-7(4-10(17)6-13)2-9(3-8)11(14,15)16/h1-3H,4-6H2. The van der Waals surface area contributed by atoms with Gasteiger partial charge < -0.3 is 0 Å². The molecule has 0 unspecified atom stereocenters. The minimum absolute atomic E-state index is 0.00910. The molecule has 0 bridgehead atoms. The van der Waals surface area contributed by atoms with Gasteiger partial charge in [-0.2, -0.15) is 13.2 Å². The molecule has 0 atom stereocenters. The third-order valence-corrected chi connectivity index (χ3v) is 3.36. The number of benzene rings is 1. The average molecular weight is 374 g/mol. The van der Waals surface area contributed by atoms with Crippen LogP contribution in [0.15, 0.2) is 18.2 Å². The average Bonchev–Trinajstić information content (AvgIpc) is 2.27. The van der Waals surface area contributed by atoms with Crippen LogP contribution in [0.2, 0.25) is 0 Å². The SMILES string of the molecule is O=C(CBr)Cc1cc(CBr)cc(C(F)(F)F)c1. The predicted molar refractivity (Wildman–Crippen MR) is 66.6 cm³/mol. The second-order valence-corrected chi connectivity index (χ2v) is 4.64. The summed E-state index contributed by atoms with van der Waals surface area (Å²) in [6.45, 7) is 0. The molecule has 0 radical (unpaired) electrons. The fraction of sp³-hybridized carbons (Fsp3) is 0.364. The molecule has 1 nitrogen and oxygen atoms in total. The van der Waals surface area contributed by atoms with E-state index in [1.54, 1.807) is 6.07 Å². The number of carbonyl (C=O) groups excluding carboxylic acids is 1. The smallest absolute Gasteiger partial charge is 0.298 e. The van der Waals surface area contributed by atoms with Crippen molar-refractivity contribution in [3.8, 4) is 0 Å². The molecule has 0 spiro atoms. The summed E-state index contributed by atoms with van der Waals surface area (Å²) in [5.74, 6) is -0.148. The summed E-state index contributed by atoms with van der Waals surface area (Å²) in [4.78, 5) is 11.2. The Morgan fingerprint density at radius 1 is 1.12 bits per heavy atom. The van der Waals surface area contributed by atoms with Crippen LogP contribution >= 0.6 is 31.9 Å². The molecule has 1 aromatic carbocycles. The molecule has 0 aromatic heterocycles. The summed E-state index contributed by atoms with van der Waals surface area (Å²) < 4.78 is 37.8. The molecule has 1 rings (SSSR count). The summed E-state index contributed by atoms with van der Waals surface area (Å²) >= 11 is 6.10. The van der Waals surface area contributed by atoms with Crippen LogP contribution in [0.4, 0.5) is 13.2 Å². The molecular formula is C11H9Br2F3O. The van der Waals surface area contributed by atoms with E-state index >= 15 is 0 Å². The molecular weight excluding hydrogens is 365 g/mol. The van der Waals surface area contributed by atoms with Gasteiger partial charge in [-0.05, 0) is 23.3 Å². The minimum Gasteiger partial charge on any atom is -0.298 e. The Hall–Kier alpha value is -0.360. The molecule has 1 aromatic rings. The first kappa shape index (κ1) is 14.7. The highest BCUT2D eigenvalue weighted by Gasteiger charge is 2.31. The summed E-state index contributed by atoms with van der Waals surface area (Å²) in [5, 5.41) is 0.472. The predicted octanol–water partition coefficient (Wildman–Crippen LogP) is 4.11. The first-order chi connectivity index (χ1) is 7.86. The maximum atomic E-state index is 12.6. The lowest BCUT2D eigenvalue weighted by Crippen LogP contribution is -2.09. The van der Waals surface area contributed by atoms with E-state index in [4.69, 9.17) is 0 Å². The van der Waals surface area contributed by atoms with Crippen LogP contribution < -0.4 is 0 Å². The third-order valence-electron chi connectivity index (χ3n) is 2.08. The molecule has 0 saturated heterocycles. The lowest BCUT2D eigenvalue weighted by Gasteiger charge is -2.10. The number of Topliss-reactive ketones (excluding diaryl/α,β-unsaturated/α-hetero) is 1. The monoisotopic (exact) mass is 372 g/mol. The van der Waals surface area contributed by atoms with E-state index in [1.807, 2.05) is 0 Å². The van der Waals surface area contributed by atoms with Gasteiger partial charge in [-0.15, -0.1) is 0 Å². The second kappa shape index (κ2) is 6.00. The van der Waals surface area contributed by atoms with Crippen molar-refractivity contribution in [2.75, 3.05) is 5.33 Å². The first-order valence-electron chi connectivity index (χ1n) is 4.70. The van der Waals surface area contributed by atoms with E-state index in [2.05, 4.69) is 31.9 Å². The number of halogens is 5. The van der Waals surface area contributed by atoms with Crippen LogP contribution in [0.5, 0.6) is 0 Å². The number of rotatable bonds is 4. The van der Waals surface area contributed by atoms with Crippen LogP contribution in [0.25, 0.3) is 0 Å². The zero-order valence-electron chi connectivity index (χ0n) is 8.65. The number of hydrogen-bond donors (Lipinski definition) is 0. The van der Waals surface area contributed by atoms with Crippen LogP contribution in [-0.2, 0) is 22.7 Å². The Labute approximate surface area is 114 Å². The van der Waals surface area contributed by atoms with Crippen molar-refractivity contribution in [3.63, 3.8) is 0 Å². The number of ketones is 1. The summed E-state index contributed by atoms with van der Waals surface area (Å²) in [7, 11) is 0. The van der Waals surface area contributed by atoms with Crippen LogP contribution in [-0.4, -0.2) is 11.1 Å². The minimum atomic E-state index is -4.38. The summed E-state index contributed by atoms with van der Waals surface area (Å²) in [5.41, 5.74) is 0.183. The van der Waals surface area contributed by atoms with E-state index in [9.17, 15) is 18.0 Å². The van der Waals surface area contributed by atoms with Gasteiger partial charge >= 0.3 is 6.18 Å². The van der Waals surface area contributed by atoms with Gasteiger partial charge in [0.25, 0.3) is 0 Å². The van der Waals surface area contributed by atoms with Crippen molar-refractivity contribution in [3.05, 3.63) is 34.9 Å². The lowest BCUT2D eigenvalue weighted by molar-refractivity contribution is -0.137. The zero-order valence-corrected chi connectivity index (χ0v) is 11.8. The Morgan fingerprint density at radius 2 is 1.71 bits per heavy atom. The van der Waals surface area contributed by atoms with Crippen LogP contribution in [0.1, 0.15) is 16.7 Å². The van der Waals surface area contributed by atoms with E-state index < -0.39 is 11.7 Å². The molecule has 6 heteroatoms. The largest absolute Gasteiger partial charge is 0.416 e. The summed E-state index contributed by atoms with van der Waals surface area (Å²) in [6, 6.07) is 3.70. The van der Waals surface area contributed by atoms with Gasteiger partial charge in [-0.1, -0.05) is 37.9 Å². The van der Waals surface area contributed by atoms with Gasteiger partial charge in [-0.3, -0.25) is 4.79 Å². The first-order valence-corrected chi connectivity index (χ1v) is 6.94. The van der Waals surface area contributed by atoms with E-state index in [0.717, 1.165) is 12.1 Å². The van der Waals surface area contributed by atoms with Crippen LogP contribution in [0.3, 0.4) is 0 Å². The van der Waals surface area contributed by atoms with E-state index in [-0.39, 0.29) is 17.5 Å². The highest BCUT2D eigenvalue weighted by atomic mass is 79.9. The Bertz CT molecular complexity index is 416. The number of hydrogen-bond acceptors (Lipinski definition) is 1. The number of carbonyl (C=O) groups is 1. The van der Waals surface area contributed by atoms with Gasteiger partial charge in [0, 0.05) is 11.8 Å². The maximum absolute atomic E-state index is 12.6. The normalized spacial score (nSPS) is 11.6. The zero-order chi connectivity index (χ0) is 13.1. The highest BCUT2D eigenvalue weighted by molar-refractivity contribution is 9.09. The Balaban J connectivity index is 3.10. The molecule has 0 aliphatic carbocycles. The van der Waals surface area contributed by atoms with Crippen molar-refractivity contribution in [1.29, 1.82) is 0 Å². The molecule has 0 fully saturated rings. The molecule has 17 heavy (non-hydrogen) atoms. The van der Waals surface area contributed by atoms with Crippen LogP contribution in [0, 0.1) is 0 Å². The second-order valence-electron chi connectivity index (χ2n) is 3.52. The van der Waals surface area contributed by atoms with Gasteiger partial charge in [0.15, 0.2) is 0 Å². The van der Waals surface area contributed by atoms with E-state index in [0.29, 0.717) is 16.5 Å². The molecule has 0 aliphatic rings. The van der Waals surface area contributed by atoms with Crippen molar-refractivity contribution in [2.45, 2.75) is 17.9 Å². The van der Waals surface area contributed by atoms with Gasteiger partial charge in [0.05, 0.1) is 10.9 Å². The molecule has 94 valence electrons. The van der Waals surface area contributed by atoms with Crippen molar-refractivity contribution in [2.24, 2.45) is 0 Å². The van der Waals surface area contributed by atoms with Crippen molar-refractivity contribution in [1.82, 2.24) is 0 Å². The maximum Gasteiger partial charge on any atom is 0.416 e. The molecule has 0 amide bonds. The number of alkyl halides is 5. The molecule has 0 N–H and O–H groups in total. The lowest BCUT2D eigenvalue weighted by atomic mass is 10.0. The third kappa shape index (κ3) is 4.43. The highest BCUT2D eigenvalue weighted by Crippen LogP contribution is 2.31. The van der Waals surface area contributed by atoms with Gasteiger partial charge in [0.2, 0.25) is 0 Å². The Kier molecular flexibility index (Phi) is 5.19. The molecule has 0 heterocycles. The van der Waals surface area contributed by atoms with Crippen molar-refractivity contribution < 1.29 is 18.0 Å². The fourth-order valence-corrected chi connectivity index (χ4v) is 1.90. The quantitative estimate of drug-likeness (QED) is 0.726. The summed E-state index contributed by atoms with van der Waals surface area (Å²) in [6.07, 6.45) is -4.38. The topological polar surface area (TPSA) is 17.1 Å². The molecule has 0 saturated carbocycles. The molecule has 0 aliphatic heterocycles. The fourth-order valence-electron chi connectivity index (χ4n) is 1.38. The van der Waals surface area contributed by atoms with Gasteiger partial charge in [0.1, 0.15) is 5.78 Å².